The van der Waals surface area contributed by atoms with Crippen molar-refractivity contribution in [1.29, 1.82) is 0 Å². The molecule has 1 aromatic heterocycles. The number of aryl methyl sites for hydroxylation is 1. The maximum atomic E-state index is 13.6. The number of nitrogens with zero attached hydrogens (tertiary/aromatic N) is 3. The van der Waals surface area contributed by atoms with Gasteiger partial charge in [-0.25, -0.2) is 4.99 Å². The summed E-state index contributed by atoms with van der Waals surface area (Å²) in [6.45, 7) is 6.95. The number of hydrogen-bond donors (Lipinski definition) is 0. The van der Waals surface area contributed by atoms with Crippen LogP contribution in [0.1, 0.15) is 37.0 Å². The van der Waals surface area contributed by atoms with E-state index in [-0.39, 0.29) is 11.9 Å². The number of benzene rings is 3. The molecule has 1 fully saturated rings. The molecule has 182 valence electrons. The molecule has 3 aromatic carbocycles. The summed E-state index contributed by atoms with van der Waals surface area (Å²) in [6.07, 6.45) is 5.00. The minimum Gasteiger partial charge on any atom is -0.342 e. The number of carbonyl (C=O) groups is 1. The molecule has 36 heavy (non-hydrogen) atoms. The highest BCUT2D eigenvalue weighted by atomic mass is 35.5. The van der Waals surface area contributed by atoms with Crippen LogP contribution in [0.15, 0.2) is 88.9 Å². The number of carbonyl (C=O) groups excluding carboxylic acids is 1. The fourth-order valence-corrected chi connectivity index (χ4v) is 5.52. The van der Waals surface area contributed by atoms with Crippen LogP contribution < -0.4 is 0 Å². The summed E-state index contributed by atoms with van der Waals surface area (Å²) in [5.41, 5.74) is 5.35. The average Bonchev–Trinajstić information content (AvgIpc) is 3.38. The second-order valence-corrected chi connectivity index (χ2v) is 10.6. The zero-order valence-electron chi connectivity index (χ0n) is 20.6. The molecule has 5 rings (SSSR count). The van der Waals surface area contributed by atoms with E-state index in [1.54, 1.807) is 0 Å². The Labute approximate surface area is 221 Å². The zero-order valence-corrected chi connectivity index (χ0v) is 22.2. The summed E-state index contributed by atoms with van der Waals surface area (Å²) >= 11 is 7.53. The number of fused-ring (bicyclic) bond motifs is 1. The summed E-state index contributed by atoms with van der Waals surface area (Å²) < 4.78 is 2.22. The monoisotopic (exact) mass is 513 g/mol. The first kappa shape index (κ1) is 24.4. The van der Waals surface area contributed by atoms with Crippen LogP contribution >= 0.6 is 23.4 Å². The van der Waals surface area contributed by atoms with Gasteiger partial charge in [0.25, 0.3) is 5.91 Å². The smallest absolute Gasteiger partial charge is 0.267 e. The molecule has 0 unspecified atom stereocenters. The van der Waals surface area contributed by atoms with Crippen LogP contribution in [0.3, 0.4) is 0 Å². The molecule has 6 heteroatoms. The van der Waals surface area contributed by atoms with Gasteiger partial charge in [0.1, 0.15) is 0 Å². The molecule has 1 atom stereocenters. The topological polar surface area (TPSA) is 37.6 Å². The molecular weight excluding hydrogens is 486 g/mol. The molecule has 1 aliphatic rings. The standard InChI is InChI=1S/C30H28ClN3OS/c1-4-21(3)34-29(35)28(36-30(34)32-25-15-9-20(2)10-16-25)17-23-19-33(27-8-6-5-7-26(23)27)18-22-11-13-24(31)14-12-22/h5-17,19,21H,4,18H2,1-3H3/b28-17+,32-30?/t21-/m0/s1. The molecule has 1 amide bonds. The fraction of sp³-hybridized carbons (Fsp3) is 0.200. The van der Waals surface area contributed by atoms with E-state index >= 15 is 0 Å². The Hall–Kier alpha value is -3.28. The molecule has 0 aliphatic carbocycles. The van der Waals surface area contributed by atoms with E-state index in [0.29, 0.717) is 4.91 Å². The zero-order chi connectivity index (χ0) is 25.2. The Morgan fingerprint density at radius 2 is 1.75 bits per heavy atom. The Balaban J connectivity index is 1.53. The van der Waals surface area contributed by atoms with E-state index in [1.165, 1.54) is 22.9 Å². The van der Waals surface area contributed by atoms with Crippen LogP contribution in [0.4, 0.5) is 5.69 Å². The van der Waals surface area contributed by atoms with Gasteiger partial charge in [-0.1, -0.05) is 66.6 Å². The van der Waals surface area contributed by atoms with Crippen molar-refractivity contribution in [3.63, 3.8) is 0 Å². The summed E-state index contributed by atoms with van der Waals surface area (Å²) in [4.78, 5) is 20.9. The third kappa shape index (κ3) is 4.99. The molecule has 1 aliphatic heterocycles. The summed E-state index contributed by atoms with van der Waals surface area (Å²) in [7, 11) is 0. The fourth-order valence-electron chi connectivity index (χ4n) is 4.31. The predicted molar refractivity (Wildman–Crippen MR) is 153 cm³/mol. The molecule has 1 saturated heterocycles. The molecule has 0 bridgehead atoms. The summed E-state index contributed by atoms with van der Waals surface area (Å²) in [5, 5.41) is 2.58. The van der Waals surface area contributed by atoms with Crippen molar-refractivity contribution in [2.24, 2.45) is 4.99 Å². The number of thioether (sulfide) groups is 1. The Morgan fingerprint density at radius 3 is 2.47 bits per heavy atom. The number of para-hydroxylation sites is 1. The van der Waals surface area contributed by atoms with Gasteiger partial charge in [-0.2, -0.15) is 0 Å². The maximum Gasteiger partial charge on any atom is 0.267 e. The van der Waals surface area contributed by atoms with Gasteiger partial charge >= 0.3 is 0 Å². The van der Waals surface area contributed by atoms with Gasteiger partial charge in [0.15, 0.2) is 5.17 Å². The Bertz CT molecular complexity index is 1470. The second kappa shape index (κ2) is 10.4. The van der Waals surface area contributed by atoms with Gasteiger partial charge in [-0.05, 0) is 74.0 Å². The van der Waals surface area contributed by atoms with Gasteiger partial charge in [-0.3, -0.25) is 9.69 Å². The van der Waals surface area contributed by atoms with Crippen LogP contribution in [0.2, 0.25) is 5.02 Å². The second-order valence-electron chi connectivity index (χ2n) is 9.13. The lowest BCUT2D eigenvalue weighted by atomic mass is 10.1. The van der Waals surface area contributed by atoms with Crippen molar-refractivity contribution in [2.75, 3.05) is 0 Å². The van der Waals surface area contributed by atoms with Gasteiger partial charge in [0.05, 0.1) is 10.6 Å². The number of hydrogen-bond acceptors (Lipinski definition) is 3. The molecule has 0 spiro atoms. The number of halogens is 1. The van der Waals surface area contributed by atoms with Crippen molar-refractivity contribution in [1.82, 2.24) is 9.47 Å². The van der Waals surface area contributed by atoms with Crippen molar-refractivity contribution in [2.45, 2.75) is 39.8 Å². The van der Waals surface area contributed by atoms with Gasteiger partial charge < -0.3 is 4.57 Å². The van der Waals surface area contributed by atoms with E-state index in [4.69, 9.17) is 16.6 Å². The van der Waals surface area contributed by atoms with Crippen LogP contribution in [0.25, 0.3) is 17.0 Å². The summed E-state index contributed by atoms with van der Waals surface area (Å²) in [6, 6.07) is 24.4. The SMILES string of the molecule is CC[C@H](C)N1C(=O)/C(=C\c2cn(Cc3ccc(Cl)cc3)c3ccccc23)SC1=Nc1ccc(C)cc1. The summed E-state index contributed by atoms with van der Waals surface area (Å²) in [5.74, 6) is 0.00902. The Kier molecular flexibility index (Phi) is 7.04. The number of aromatic nitrogens is 1. The minimum atomic E-state index is 0.00902. The largest absolute Gasteiger partial charge is 0.342 e. The molecule has 4 nitrogen and oxygen atoms in total. The predicted octanol–water partition coefficient (Wildman–Crippen LogP) is 8.05. The van der Waals surface area contributed by atoms with Crippen LogP contribution in [-0.2, 0) is 11.3 Å². The van der Waals surface area contributed by atoms with E-state index in [1.807, 2.05) is 71.6 Å². The lowest BCUT2D eigenvalue weighted by Gasteiger charge is -2.22. The quantitative estimate of drug-likeness (QED) is 0.244. The molecule has 0 saturated carbocycles. The average molecular weight is 514 g/mol. The lowest BCUT2D eigenvalue weighted by Crippen LogP contribution is -2.36. The van der Waals surface area contributed by atoms with E-state index in [9.17, 15) is 4.79 Å². The molecular formula is C30H28ClN3OS. The highest BCUT2D eigenvalue weighted by Crippen LogP contribution is 2.37. The van der Waals surface area contributed by atoms with Gasteiger partial charge in [-0.15, -0.1) is 0 Å². The third-order valence-corrected chi connectivity index (χ3v) is 7.73. The minimum absolute atomic E-state index is 0.00902. The van der Waals surface area contributed by atoms with Crippen LogP contribution in [0.5, 0.6) is 0 Å². The number of amidine groups is 1. The number of amides is 1. The molecule has 0 radical (unpaired) electrons. The van der Waals surface area contributed by atoms with Crippen molar-refractivity contribution < 1.29 is 4.79 Å². The molecule has 0 N–H and O–H groups in total. The third-order valence-electron chi connectivity index (χ3n) is 6.50. The molecule has 2 heterocycles. The Morgan fingerprint density at radius 1 is 1.03 bits per heavy atom. The van der Waals surface area contributed by atoms with E-state index in [2.05, 4.69) is 43.7 Å². The lowest BCUT2D eigenvalue weighted by molar-refractivity contribution is -0.123. The van der Waals surface area contributed by atoms with Gasteiger partial charge in [0.2, 0.25) is 0 Å². The highest BCUT2D eigenvalue weighted by molar-refractivity contribution is 8.18. The first-order valence-electron chi connectivity index (χ1n) is 12.1. The number of aliphatic imine (C=N–C) groups is 1. The van der Waals surface area contributed by atoms with Crippen molar-refractivity contribution in [3.8, 4) is 0 Å². The normalized spacial score (nSPS) is 17.0. The number of rotatable bonds is 6. The van der Waals surface area contributed by atoms with E-state index < -0.39 is 0 Å². The van der Waals surface area contributed by atoms with Crippen LogP contribution in [-0.4, -0.2) is 26.6 Å². The maximum absolute atomic E-state index is 13.6. The van der Waals surface area contributed by atoms with Crippen molar-refractivity contribution >= 4 is 57.1 Å². The first-order valence-corrected chi connectivity index (χ1v) is 13.3. The highest BCUT2D eigenvalue weighted by Gasteiger charge is 2.36. The first-order chi connectivity index (χ1) is 17.4. The van der Waals surface area contributed by atoms with Gasteiger partial charge in [0, 0.05) is 40.3 Å². The molecule has 4 aromatic rings. The van der Waals surface area contributed by atoms with Crippen LogP contribution in [0, 0.1) is 6.92 Å². The van der Waals surface area contributed by atoms with E-state index in [0.717, 1.165) is 45.3 Å². The van der Waals surface area contributed by atoms with Crippen molar-refractivity contribution in [3.05, 3.63) is 106 Å².